The van der Waals surface area contributed by atoms with Crippen molar-refractivity contribution in [3.8, 4) is 5.75 Å². The molecule has 31 heavy (non-hydrogen) atoms. The summed E-state index contributed by atoms with van der Waals surface area (Å²) in [4.78, 5) is 26.8. The number of carbonyl (C=O) groups excluding carboxylic acids is 2. The molecule has 1 unspecified atom stereocenters. The molecule has 2 amide bonds. The lowest BCUT2D eigenvalue weighted by molar-refractivity contribution is -0.122. The van der Waals surface area contributed by atoms with E-state index in [0.29, 0.717) is 37.3 Å². The monoisotopic (exact) mass is 418 g/mol. The van der Waals surface area contributed by atoms with E-state index in [1.165, 1.54) is 12.1 Å². The van der Waals surface area contributed by atoms with E-state index in [-0.39, 0.29) is 11.7 Å². The topological polar surface area (TPSA) is 72.6 Å². The molecule has 1 aliphatic rings. The van der Waals surface area contributed by atoms with Gasteiger partial charge in [-0.15, -0.1) is 0 Å². The van der Waals surface area contributed by atoms with Crippen LogP contribution in [0.1, 0.15) is 27.0 Å². The highest BCUT2D eigenvalue weighted by Gasteiger charge is 2.33. The molecular weight excluding hydrogens is 395 g/mol. The zero-order valence-electron chi connectivity index (χ0n) is 17.0. The molecule has 0 saturated carbocycles. The molecule has 0 saturated heterocycles. The van der Waals surface area contributed by atoms with Gasteiger partial charge in [0.15, 0.2) is 0 Å². The first-order valence-electron chi connectivity index (χ1n) is 10.2. The van der Waals surface area contributed by atoms with Gasteiger partial charge >= 0.3 is 0 Å². The molecule has 5 nitrogen and oxygen atoms in total. The number of primary amides is 1. The zero-order valence-corrected chi connectivity index (χ0v) is 17.0. The Morgan fingerprint density at radius 1 is 1.03 bits per heavy atom. The Balaban J connectivity index is 1.48. The Morgan fingerprint density at radius 2 is 1.77 bits per heavy atom. The maximum Gasteiger partial charge on any atom is 0.254 e. The minimum atomic E-state index is -0.697. The van der Waals surface area contributed by atoms with Crippen LogP contribution in [0.4, 0.5) is 4.39 Å². The van der Waals surface area contributed by atoms with E-state index in [1.807, 2.05) is 36.4 Å². The van der Waals surface area contributed by atoms with Gasteiger partial charge in [-0.05, 0) is 53.4 Å². The molecule has 0 radical (unpaired) electrons. The SMILES string of the molecule is NC(=O)C(Cc1ccccc1)N1CCc2cc(OCc3ccc(F)cc3)ccc2C1=O. The first-order valence-corrected chi connectivity index (χ1v) is 10.2. The van der Waals surface area contributed by atoms with E-state index in [4.69, 9.17) is 10.5 Å². The summed E-state index contributed by atoms with van der Waals surface area (Å²) in [5.74, 6) is -0.367. The number of benzene rings is 3. The molecule has 1 aliphatic heterocycles. The standard InChI is InChI=1S/C25H23FN2O3/c26-20-8-6-18(7-9-20)16-31-21-10-11-22-19(15-21)12-13-28(25(22)30)23(24(27)29)14-17-4-2-1-3-5-17/h1-11,15,23H,12-14,16H2,(H2,27,29). The molecule has 0 aromatic heterocycles. The molecule has 0 fully saturated rings. The first kappa shape index (κ1) is 20.6. The number of halogens is 1. The van der Waals surface area contributed by atoms with Crippen molar-refractivity contribution in [3.05, 3.63) is 101 Å². The molecule has 1 heterocycles. The summed E-state index contributed by atoms with van der Waals surface area (Å²) in [6, 6.07) is 20.3. The second-order valence-electron chi connectivity index (χ2n) is 7.59. The largest absolute Gasteiger partial charge is 0.489 e. The smallest absolute Gasteiger partial charge is 0.254 e. The summed E-state index contributed by atoms with van der Waals surface area (Å²) < 4.78 is 18.8. The fourth-order valence-corrected chi connectivity index (χ4v) is 3.82. The summed E-state index contributed by atoms with van der Waals surface area (Å²) in [5, 5.41) is 0. The number of rotatable bonds is 7. The number of nitrogens with zero attached hydrogens (tertiary/aromatic N) is 1. The summed E-state index contributed by atoms with van der Waals surface area (Å²) >= 11 is 0. The fourth-order valence-electron chi connectivity index (χ4n) is 3.82. The van der Waals surface area contributed by atoms with Crippen LogP contribution in [-0.4, -0.2) is 29.3 Å². The number of hydrogen-bond donors (Lipinski definition) is 1. The summed E-state index contributed by atoms with van der Waals surface area (Å²) in [6.07, 6.45) is 0.990. The Bertz CT molecular complexity index is 1080. The zero-order chi connectivity index (χ0) is 21.8. The highest BCUT2D eigenvalue weighted by Crippen LogP contribution is 2.26. The van der Waals surface area contributed by atoms with Crippen molar-refractivity contribution < 1.29 is 18.7 Å². The van der Waals surface area contributed by atoms with Crippen molar-refractivity contribution in [3.63, 3.8) is 0 Å². The molecule has 1 atom stereocenters. The van der Waals surface area contributed by atoms with Gasteiger partial charge in [0.2, 0.25) is 5.91 Å². The maximum absolute atomic E-state index is 13.1. The third-order valence-electron chi connectivity index (χ3n) is 5.49. The normalized spacial score (nSPS) is 14.1. The van der Waals surface area contributed by atoms with Gasteiger partial charge < -0.3 is 15.4 Å². The minimum absolute atomic E-state index is 0.203. The molecule has 4 rings (SSSR count). The first-order chi connectivity index (χ1) is 15.0. The quantitative estimate of drug-likeness (QED) is 0.638. The van der Waals surface area contributed by atoms with Crippen molar-refractivity contribution in [1.29, 1.82) is 0 Å². The van der Waals surface area contributed by atoms with E-state index in [9.17, 15) is 14.0 Å². The van der Waals surface area contributed by atoms with Crippen LogP contribution in [0, 0.1) is 5.82 Å². The van der Waals surface area contributed by atoms with Crippen molar-refractivity contribution in [1.82, 2.24) is 4.90 Å². The Kier molecular flexibility index (Phi) is 5.98. The van der Waals surface area contributed by atoms with Crippen molar-refractivity contribution in [2.75, 3.05) is 6.54 Å². The number of nitrogens with two attached hydrogens (primary N) is 1. The number of fused-ring (bicyclic) bond motifs is 1. The Hall–Kier alpha value is -3.67. The molecule has 0 aliphatic carbocycles. The van der Waals surface area contributed by atoms with Crippen molar-refractivity contribution in [2.24, 2.45) is 5.73 Å². The summed E-state index contributed by atoms with van der Waals surface area (Å²) in [5.41, 5.74) is 8.89. The Labute approximate surface area is 180 Å². The number of hydrogen-bond acceptors (Lipinski definition) is 3. The average Bonchev–Trinajstić information content (AvgIpc) is 2.78. The predicted octanol–water partition coefficient (Wildman–Crippen LogP) is 3.50. The number of ether oxygens (including phenoxy) is 1. The molecule has 2 N–H and O–H groups in total. The average molecular weight is 418 g/mol. The lowest BCUT2D eigenvalue weighted by atomic mass is 9.95. The van der Waals surface area contributed by atoms with Crippen molar-refractivity contribution in [2.45, 2.75) is 25.5 Å². The van der Waals surface area contributed by atoms with Crippen LogP contribution in [0.15, 0.2) is 72.8 Å². The maximum atomic E-state index is 13.1. The number of amides is 2. The lowest BCUT2D eigenvalue weighted by Gasteiger charge is -2.34. The van der Waals surface area contributed by atoms with E-state index in [0.717, 1.165) is 16.7 Å². The lowest BCUT2D eigenvalue weighted by Crippen LogP contribution is -2.51. The van der Waals surface area contributed by atoms with Crippen LogP contribution in [0.25, 0.3) is 0 Å². The van der Waals surface area contributed by atoms with Crippen LogP contribution in [0.2, 0.25) is 0 Å². The van der Waals surface area contributed by atoms with Gasteiger partial charge in [0.05, 0.1) is 0 Å². The van der Waals surface area contributed by atoms with E-state index < -0.39 is 11.9 Å². The third kappa shape index (κ3) is 4.74. The van der Waals surface area contributed by atoms with Gasteiger partial charge in [-0.1, -0.05) is 42.5 Å². The van der Waals surface area contributed by atoms with E-state index in [2.05, 4.69) is 0 Å². The molecule has 158 valence electrons. The van der Waals surface area contributed by atoms with Gasteiger partial charge in [-0.25, -0.2) is 4.39 Å². The molecule has 6 heteroatoms. The molecule has 0 spiro atoms. The molecule has 0 bridgehead atoms. The molecule has 3 aromatic carbocycles. The fraction of sp³-hybridized carbons (Fsp3) is 0.200. The van der Waals surface area contributed by atoms with E-state index in [1.54, 1.807) is 29.2 Å². The highest BCUT2D eigenvalue weighted by molar-refractivity contribution is 5.99. The molecular formula is C25H23FN2O3. The van der Waals surface area contributed by atoms with Gasteiger partial charge in [0.25, 0.3) is 5.91 Å². The third-order valence-corrected chi connectivity index (χ3v) is 5.49. The van der Waals surface area contributed by atoms with Crippen LogP contribution in [0.5, 0.6) is 5.75 Å². The van der Waals surface area contributed by atoms with Crippen LogP contribution in [0.3, 0.4) is 0 Å². The second kappa shape index (κ2) is 9.00. The molecule has 3 aromatic rings. The van der Waals surface area contributed by atoms with Crippen molar-refractivity contribution >= 4 is 11.8 Å². The predicted molar refractivity (Wildman–Crippen MR) is 115 cm³/mol. The van der Waals surface area contributed by atoms with Gasteiger partial charge in [-0.2, -0.15) is 0 Å². The minimum Gasteiger partial charge on any atom is -0.489 e. The highest BCUT2D eigenvalue weighted by atomic mass is 19.1. The van der Waals surface area contributed by atoms with Gasteiger partial charge in [0.1, 0.15) is 24.2 Å². The second-order valence-corrected chi connectivity index (χ2v) is 7.59. The van der Waals surface area contributed by atoms with E-state index >= 15 is 0 Å². The Morgan fingerprint density at radius 3 is 2.48 bits per heavy atom. The summed E-state index contributed by atoms with van der Waals surface area (Å²) in [6.45, 7) is 0.716. The van der Waals surface area contributed by atoms with Gasteiger partial charge in [-0.3, -0.25) is 9.59 Å². The van der Waals surface area contributed by atoms with Crippen LogP contribution < -0.4 is 10.5 Å². The van der Waals surface area contributed by atoms with Crippen LogP contribution in [-0.2, 0) is 24.2 Å². The van der Waals surface area contributed by atoms with Crippen LogP contribution >= 0.6 is 0 Å². The van der Waals surface area contributed by atoms with Gasteiger partial charge in [0, 0.05) is 18.5 Å². The number of carbonyl (C=O) groups is 2. The summed E-state index contributed by atoms with van der Waals surface area (Å²) in [7, 11) is 0.